The van der Waals surface area contributed by atoms with Gasteiger partial charge in [0.25, 0.3) is 5.91 Å². The summed E-state index contributed by atoms with van der Waals surface area (Å²) in [7, 11) is 1.59. The van der Waals surface area contributed by atoms with Crippen LogP contribution in [0.25, 0.3) is 0 Å². The minimum atomic E-state index is -0.925. The molecule has 0 spiro atoms. The molecule has 25 heavy (non-hydrogen) atoms. The van der Waals surface area contributed by atoms with Gasteiger partial charge in [0.2, 0.25) is 0 Å². The lowest BCUT2D eigenvalue weighted by Crippen LogP contribution is -2.34. The van der Waals surface area contributed by atoms with Crippen molar-refractivity contribution in [1.29, 1.82) is 0 Å². The van der Waals surface area contributed by atoms with Gasteiger partial charge >= 0.3 is 5.97 Å². The van der Waals surface area contributed by atoms with Crippen LogP contribution in [-0.2, 0) is 11.2 Å². The molecule has 2 N–H and O–H groups in total. The Bertz CT molecular complexity index is 733. The highest BCUT2D eigenvalue weighted by atomic mass is 16.5. The minimum Gasteiger partial charge on any atom is -0.496 e. The summed E-state index contributed by atoms with van der Waals surface area (Å²) in [6.45, 7) is 3.82. The number of carboxylic acid groups (broad SMARTS) is 1. The molecule has 0 aliphatic heterocycles. The van der Waals surface area contributed by atoms with Crippen LogP contribution >= 0.6 is 0 Å². The summed E-state index contributed by atoms with van der Waals surface area (Å²) in [5.41, 5.74) is 3.17. The van der Waals surface area contributed by atoms with Crippen LogP contribution in [0.3, 0.4) is 0 Å². The Morgan fingerprint density at radius 2 is 1.72 bits per heavy atom. The quantitative estimate of drug-likeness (QED) is 0.812. The number of methoxy groups -OCH3 is 1. The van der Waals surface area contributed by atoms with Gasteiger partial charge in [0.05, 0.1) is 13.0 Å². The first-order chi connectivity index (χ1) is 11.9. The van der Waals surface area contributed by atoms with E-state index in [2.05, 4.69) is 5.32 Å². The fourth-order valence-electron chi connectivity index (χ4n) is 2.87. The van der Waals surface area contributed by atoms with Gasteiger partial charge in [-0.05, 0) is 49.1 Å². The van der Waals surface area contributed by atoms with Crippen molar-refractivity contribution in [3.05, 3.63) is 64.7 Å². The number of carbonyl (C=O) groups excluding carboxylic acids is 1. The third-order valence-corrected chi connectivity index (χ3v) is 4.11. The van der Waals surface area contributed by atoms with Crippen LogP contribution in [0.15, 0.2) is 42.5 Å². The summed E-state index contributed by atoms with van der Waals surface area (Å²) in [5, 5.41) is 12.1. The molecule has 2 aromatic carbocycles. The van der Waals surface area contributed by atoms with Crippen molar-refractivity contribution in [1.82, 2.24) is 5.32 Å². The molecular weight excluding hydrogens is 318 g/mol. The SMILES string of the molecule is COc1c(C)cc(C(=O)NCC(Cc2ccccc2)C(=O)O)cc1C. The van der Waals surface area contributed by atoms with Crippen LogP contribution < -0.4 is 10.1 Å². The number of benzene rings is 2. The Morgan fingerprint density at radius 1 is 1.12 bits per heavy atom. The summed E-state index contributed by atoms with van der Waals surface area (Å²) >= 11 is 0. The number of carbonyl (C=O) groups is 2. The molecule has 0 heterocycles. The van der Waals surface area contributed by atoms with Crippen molar-refractivity contribution in [3.8, 4) is 5.75 Å². The molecule has 0 aromatic heterocycles. The zero-order valence-electron chi connectivity index (χ0n) is 14.7. The molecule has 0 aliphatic carbocycles. The highest BCUT2D eigenvalue weighted by Crippen LogP contribution is 2.24. The Labute approximate surface area is 147 Å². The van der Waals surface area contributed by atoms with Crippen LogP contribution in [0.4, 0.5) is 0 Å². The number of aliphatic carboxylic acids is 1. The van der Waals surface area contributed by atoms with Crippen LogP contribution in [-0.4, -0.2) is 30.6 Å². The van der Waals surface area contributed by atoms with Gasteiger partial charge in [0.1, 0.15) is 5.75 Å². The highest BCUT2D eigenvalue weighted by Gasteiger charge is 2.20. The van der Waals surface area contributed by atoms with E-state index in [1.807, 2.05) is 44.2 Å². The second-order valence-electron chi connectivity index (χ2n) is 6.08. The van der Waals surface area contributed by atoms with Gasteiger partial charge in [-0.2, -0.15) is 0 Å². The largest absolute Gasteiger partial charge is 0.496 e. The predicted molar refractivity (Wildman–Crippen MR) is 96.1 cm³/mol. The lowest BCUT2D eigenvalue weighted by atomic mass is 9.99. The normalized spacial score (nSPS) is 11.6. The molecule has 1 atom stereocenters. The number of carboxylic acids is 1. The Kier molecular flexibility index (Phi) is 6.17. The molecular formula is C20H23NO4. The summed E-state index contributed by atoms with van der Waals surface area (Å²) in [6.07, 6.45) is 0.372. The van der Waals surface area contributed by atoms with Crippen LogP contribution in [0, 0.1) is 19.8 Å². The van der Waals surface area contributed by atoms with E-state index in [0.29, 0.717) is 12.0 Å². The van der Waals surface area contributed by atoms with Crippen LogP contribution in [0.5, 0.6) is 5.75 Å². The van der Waals surface area contributed by atoms with Gasteiger partial charge in [-0.15, -0.1) is 0 Å². The zero-order chi connectivity index (χ0) is 18.4. The molecule has 2 rings (SSSR count). The minimum absolute atomic E-state index is 0.0766. The lowest BCUT2D eigenvalue weighted by molar-refractivity contribution is -0.141. The summed E-state index contributed by atoms with van der Waals surface area (Å²) in [5.74, 6) is -1.13. The van der Waals surface area contributed by atoms with E-state index in [1.54, 1.807) is 19.2 Å². The van der Waals surface area contributed by atoms with Gasteiger partial charge in [-0.25, -0.2) is 0 Å². The summed E-state index contributed by atoms with van der Waals surface area (Å²) < 4.78 is 5.30. The highest BCUT2D eigenvalue weighted by molar-refractivity contribution is 5.95. The monoisotopic (exact) mass is 341 g/mol. The van der Waals surface area contributed by atoms with Crippen molar-refractivity contribution in [2.24, 2.45) is 5.92 Å². The first kappa shape index (κ1) is 18.5. The molecule has 1 unspecified atom stereocenters. The Morgan fingerprint density at radius 3 is 2.24 bits per heavy atom. The average molecular weight is 341 g/mol. The van der Waals surface area contributed by atoms with Crippen molar-refractivity contribution in [3.63, 3.8) is 0 Å². The first-order valence-electron chi connectivity index (χ1n) is 8.12. The average Bonchev–Trinajstić information content (AvgIpc) is 2.58. The fourth-order valence-corrected chi connectivity index (χ4v) is 2.87. The number of hydrogen-bond donors (Lipinski definition) is 2. The van der Waals surface area contributed by atoms with E-state index >= 15 is 0 Å². The maximum atomic E-state index is 12.4. The van der Waals surface area contributed by atoms with E-state index in [-0.39, 0.29) is 12.5 Å². The standard InChI is InChI=1S/C20H23NO4/c1-13-9-16(10-14(2)18(13)25-3)19(22)21-12-17(20(23)24)11-15-7-5-4-6-8-15/h4-10,17H,11-12H2,1-3H3,(H,21,22)(H,23,24). The number of amides is 1. The maximum Gasteiger partial charge on any atom is 0.308 e. The number of nitrogens with one attached hydrogen (secondary N) is 1. The molecule has 0 fully saturated rings. The summed E-state index contributed by atoms with van der Waals surface area (Å²) in [4.78, 5) is 23.9. The van der Waals surface area contributed by atoms with Crippen molar-refractivity contribution in [2.45, 2.75) is 20.3 Å². The third-order valence-electron chi connectivity index (χ3n) is 4.11. The molecule has 5 heteroatoms. The van der Waals surface area contributed by atoms with Gasteiger partial charge < -0.3 is 15.2 Å². The van der Waals surface area contributed by atoms with Gasteiger partial charge in [-0.3, -0.25) is 9.59 Å². The van der Waals surface area contributed by atoms with Crippen molar-refractivity contribution >= 4 is 11.9 Å². The maximum absolute atomic E-state index is 12.4. The van der Waals surface area contributed by atoms with Gasteiger partial charge in [0, 0.05) is 12.1 Å². The molecule has 0 saturated heterocycles. The molecule has 0 radical (unpaired) electrons. The number of ether oxygens (including phenoxy) is 1. The van der Waals surface area contributed by atoms with E-state index in [0.717, 1.165) is 22.4 Å². The van der Waals surface area contributed by atoms with Gasteiger partial charge in [-0.1, -0.05) is 30.3 Å². The van der Waals surface area contributed by atoms with E-state index in [9.17, 15) is 14.7 Å². The molecule has 132 valence electrons. The summed E-state index contributed by atoms with van der Waals surface area (Å²) in [6, 6.07) is 12.9. The fraction of sp³-hybridized carbons (Fsp3) is 0.300. The molecule has 2 aromatic rings. The van der Waals surface area contributed by atoms with Crippen LogP contribution in [0.1, 0.15) is 27.0 Å². The van der Waals surface area contributed by atoms with E-state index in [1.165, 1.54) is 0 Å². The number of rotatable bonds is 7. The lowest BCUT2D eigenvalue weighted by Gasteiger charge is -2.15. The molecule has 5 nitrogen and oxygen atoms in total. The number of hydrogen-bond acceptors (Lipinski definition) is 3. The second-order valence-corrected chi connectivity index (χ2v) is 6.08. The van der Waals surface area contributed by atoms with Crippen LogP contribution in [0.2, 0.25) is 0 Å². The second kappa shape index (κ2) is 8.33. The zero-order valence-corrected chi connectivity index (χ0v) is 14.7. The topological polar surface area (TPSA) is 75.6 Å². The van der Waals surface area contributed by atoms with Crippen molar-refractivity contribution < 1.29 is 19.4 Å². The Hall–Kier alpha value is -2.82. The Balaban J connectivity index is 2.05. The first-order valence-corrected chi connectivity index (χ1v) is 8.12. The van der Waals surface area contributed by atoms with E-state index in [4.69, 9.17) is 4.74 Å². The predicted octanol–water partition coefficient (Wildman–Crippen LogP) is 2.99. The van der Waals surface area contributed by atoms with Gasteiger partial charge in [0.15, 0.2) is 0 Å². The third kappa shape index (κ3) is 4.83. The van der Waals surface area contributed by atoms with E-state index < -0.39 is 11.9 Å². The molecule has 0 saturated carbocycles. The number of aryl methyl sites for hydroxylation is 2. The smallest absolute Gasteiger partial charge is 0.308 e. The molecule has 1 amide bonds. The molecule has 0 bridgehead atoms. The van der Waals surface area contributed by atoms with Crippen molar-refractivity contribution in [2.75, 3.05) is 13.7 Å². The molecule has 0 aliphatic rings.